The lowest BCUT2D eigenvalue weighted by molar-refractivity contribution is -0.870. The first-order valence-corrected chi connectivity index (χ1v) is 37.3. The van der Waals surface area contributed by atoms with Gasteiger partial charge in [-0.25, -0.2) is 4.79 Å². The summed E-state index contributed by atoms with van der Waals surface area (Å²) in [6.45, 7) is 4.64. The van der Waals surface area contributed by atoms with Crippen LogP contribution in [0, 0.1) is 0 Å². The highest BCUT2D eigenvalue weighted by Crippen LogP contribution is 2.17. The van der Waals surface area contributed by atoms with Gasteiger partial charge in [-0.2, -0.15) is 0 Å². The van der Waals surface area contributed by atoms with E-state index in [4.69, 9.17) is 18.9 Å². The zero-order chi connectivity index (χ0) is 67.5. The highest BCUT2D eigenvalue weighted by Gasteiger charge is 2.25. The van der Waals surface area contributed by atoms with Crippen molar-refractivity contribution in [1.82, 2.24) is 0 Å². The topological polar surface area (TPSA) is 108 Å². The van der Waals surface area contributed by atoms with E-state index in [1.807, 2.05) is 21.1 Å². The van der Waals surface area contributed by atoms with E-state index in [0.29, 0.717) is 23.9 Å². The lowest BCUT2D eigenvalue weighted by Gasteiger charge is -2.25. The maximum Gasteiger partial charge on any atom is 0.361 e. The summed E-state index contributed by atoms with van der Waals surface area (Å²) >= 11 is 0. The summed E-state index contributed by atoms with van der Waals surface area (Å²) in [5.41, 5.74) is 0. The second kappa shape index (κ2) is 72.5. The van der Waals surface area contributed by atoms with Gasteiger partial charge < -0.3 is 28.5 Å². The van der Waals surface area contributed by atoms with Crippen LogP contribution in [0.5, 0.6) is 0 Å². The predicted molar refractivity (Wildman–Crippen MR) is 400 cm³/mol. The van der Waals surface area contributed by atoms with E-state index >= 15 is 0 Å². The number of aliphatic carboxylic acids is 1. The smallest absolute Gasteiger partial charge is 0.361 e. The van der Waals surface area contributed by atoms with Crippen LogP contribution in [0.3, 0.4) is 0 Å². The van der Waals surface area contributed by atoms with Crippen LogP contribution in [-0.4, -0.2) is 87.4 Å². The van der Waals surface area contributed by atoms with Gasteiger partial charge >= 0.3 is 17.9 Å². The molecule has 9 nitrogen and oxygen atoms in total. The molecule has 9 heteroatoms. The van der Waals surface area contributed by atoms with Crippen LogP contribution < -0.4 is 0 Å². The van der Waals surface area contributed by atoms with Crippen molar-refractivity contribution in [3.8, 4) is 0 Å². The van der Waals surface area contributed by atoms with Crippen LogP contribution in [0.4, 0.5) is 0 Å². The van der Waals surface area contributed by atoms with E-state index in [1.165, 1.54) is 116 Å². The van der Waals surface area contributed by atoms with E-state index in [0.717, 1.165) is 135 Å². The number of carboxylic acid groups (broad SMARTS) is 1. The van der Waals surface area contributed by atoms with E-state index in [-0.39, 0.29) is 32.2 Å². The molecule has 2 atom stereocenters. The number of carboxylic acids is 1. The summed E-state index contributed by atoms with van der Waals surface area (Å²) in [7, 11) is 5.97. The van der Waals surface area contributed by atoms with Crippen molar-refractivity contribution in [3.63, 3.8) is 0 Å². The molecule has 0 aromatic carbocycles. The summed E-state index contributed by atoms with van der Waals surface area (Å²) in [5.74, 6) is -2.02. The largest absolute Gasteiger partial charge is 0.477 e. The van der Waals surface area contributed by atoms with E-state index in [9.17, 15) is 19.5 Å². The number of ether oxygens (including phenoxy) is 4. The molecule has 0 aliphatic rings. The molecule has 0 saturated carbocycles. The molecular formula is C84H138NO8+. The lowest BCUT2D eigenvalue weighted by atomic mass is 10.0. The lowest BCUT2D eigenvalue weighted by Crippen LogP contribution is -2.40. The second-order valence-electron chi connectivity index (χ2n) is 25.5. The van der Waals surface area contributed by atoms with Gasteiger partial charge in [-0.3, -0.25) is 9.59 Å². The Balaban J connectivity index is 4.16. The molecule has 93 heavy (non-hydrogen) atoms. The average molecular weight is 1290 g/mol. The van der Waals surface area contributed by atoms with E-state index < -0.39 is 24.3 Å². The van der Waals surface area contributed by atoms with Gasteiger partial charge in [0.05, 0.1) is 34.4 Å². The molecule has 0 heterocycles. The van der Waals surface area contributed by atoms with Gasteiger partial charge in [-0.15, -0.1) is 0 Å². The standard InChI is InChI=1S/C84H137NO8/c1-6-8-10-12-14-16-18-20-22-24-26-28-30-32-34-36-37-38-39-40-41-42-43-44-45-47-49-51-53-55-57-59-61-63-65-67-69-71-73-75-82(87)93-80(79-92-84(83(88)89)90-77-76-85(3,4)5)78-91-81(86)74-72-70-68-66-64-62-60-58-56-54-52-50-48-46-35-33-31-29-27-25-23-21-19-17-15-13-11-9-7-2/h8-11,14-17,20-23,26-29,32,34,37-38,40-41,43-44,47,49,53,55,80,84H,6-7,12-13,18-19,24-25,30-31,33,35-36,39,42,45-46,48,50-52,54,56-79H2,1-5H3/p+1/b10-8-,11-9-,16-14-,17-15-,22-20-,23-21-,28-26-,29-27-,34-32-,38-37-,41-40-,44-43-,49-47-,55-53-. The monoisotopic (exact) mass is 1290 g/mol. The number of esters is 2. The molecule has 0 saturated heterocycles. The number of hydrogen-bond acceptors (Lipinski definition) is 7. The first-order chi connectivity index (χ1) is 45.6. The van der Waals surface area contributed by atoms with Crippen molar-refractivity contribution in [1.29, 1.82) is 0 Å². The fourth-order valence-electron chi connectivity index (χ4n) is 9.86. The average Bonchev–Trinajstić information content (AvgIpc) is 3.38. The number of carbonyl (C=O) groups is 3. The van der Waals surface area contributed by atoms with Gasteiger partial charge in [0.2, 0.25) is 0 Å². The first kappa shape index (κ1) is 87.7. The minimum atomic E-state index is -1.52. The molecular weight excluding hydrogens is 1150 g/mol. The number of unbranched alkanes of at least 4 members (excludes halogenated alkanes) is 24. The maximum absolute atomic E-state index is 13.0. The Bertz CT molecular complexity index is 2140. The molecule has 0 bridgehead atoms. The molecule has 1 N–H and O–H groups in total. The number of carbonyl (C=O) groups excluding carboxylic acids is 2. The van der Waals surface area contributed by atoms with Crippen molar-refractivity contribution < 1.29 is 42.9 Å². The molecule has 0 spiro atoms. The number of quaternary nitrogens is 1. The normalized spacial score (nSPS) is 13.7. The number of nitrogens with zero attached hydrogens (tertiary/aromatic N) is 1. The van der Waals surface area contributed by atoms with E-state index in [2.05, 4.69) is 184 Å². The molecule has 0 amide bonds. The summed E-state index contributed by atoms with van der Waals surface area (Å²) < 4.78 is 23.0. The zero-order valence-corrected chi connectivity index (χ0v) is 60.1. The molecule has 0 rings (SSSR count). The fourth-order valence-corrected chi connectivity index (χ4v) is 9.86. The molecule has 0 aliphatic heterocycles. The zero-order valence-electron chi connectivity index (χ0n) is 60.1. The highest BCUT2D eigenvalue weighted by atomic mass is 16.7. The van der Waals surface area contributed by atoms with Crippen LogP contribution >= 0.6 is 0 Å². The van der Waals surface area contributed by atoms with Gasteiger partial charge in [0.25, 0.3) is 6.29 Å². The number of likely N-dealkylation sites (N-methyl/N-ethyl adjacent to an activating group) is 1. The fraction of sp³-hybridized carbons (Fsp3) is 0.631. The van der Waals surface area contributed by atoms with Gasteiger partial charge in [-0.1, -0.05) is 312 Å². The van der Waals surface area contributed by atoms with Crippen LogP contribution in [0.25, 0.3) is 0 Å². The summed E-state index contributed by atoms with van der Waals surface area (Å²) in [6.07, 6.45) is 106. The molecule has 0 aromatic rings. The molecule has 526 valence electrons. The third kappa shape index (κ3) is 73.9. The Morgan fingerprint density at radius 1 is 0.323 bits per heavy atom. The molecule has 0 fully saturated rings. The SMILES string of the molecule is CC/C=C\C/C=C\C/C=C\C/C=C\C/C=C\C/C=C\C/C=C\C/C=C\C/C=C\C/C=C\CCCCCCCCCCC(=O)OC(COC(=O)CCCCCCCCCCCCCCCCCC/C=C\C/C=C\C/C=C\C/C=C\CC)COC(OCC[N+](C)(C)C)C(=O)O. The second-order valence-corrected chi connectivity index (χ2v) is 25.5. The minimum Gasteiger partial charge on any atom is -0.477 e. The Morgan fingerprint density at radius 3 is 0.860 bits per heavy atom. The van der Waals surface area contributed by atoms with Crippen molar-refractivity contribution in [2.75, 3.05) is 47.5 Å². The van der Waals surface area contributed by atoms with Gasteiger partial charge in [0.1, 0.15) is 13.2 Å². The Kier molecular flexibility index (Phi) is 68.3. The molecule has 0 radical (unpaired) electrons. The van der Waals surface area contributed by atoms with Crippen molar-refractivity contribution in [2.45, 2.75) is 296 Å². The minimum absolute atomic E-state index is 0.178. The van der Waals surface area contributed by atoms with Crippen molar-refractivity contribution in [3.05, 3.63) is 170 Å². The molecule has 0 aromatic heterocycles. The third-order valence-electron chi connectivity index (χ3n) is 15.5. The van der Waals surface area contributed by atoms with Gasteiger partial charge in [0.15, 0.2) is 6.10 Å². The third-order valence-corrected chi connectivity index (χ3v) is 15.5. The van der Waals surface area contributed by atoms with Crippen LogP contribution in [0.15, 0.2) is 170 Å². The Hall–Kier alpha value is -5.35. The number of rotatable bonds is 67. The summed E-state index contributed by atoms with van der Waals surface area (Å²) in [5, 5.41) is 9.76. The Labute approximate surface area is 571 Å². The summed E-state index contributed by atoms with van der Waals surface area (Å²) in [4.78, 5) is 37.7. The van der Waals surface area contributed by atoms with Crippen LogP contribution in [0.2, 0.25) is 0 Å². The van der Waals surface area contributed by atoms with Crippen LogP contribution in [-0.2, 0) is 33.3 Å². The predicted octanol–water partition coefficient (Wildman–Crippen LogP) is 23.8. The number of allylic oxidation sites excluding steroid dienone is 28. The first-order valence-electron chi connectivity index (χ1n) is 37.3. The van der Waals surface area contributed by atoms with Crippen LogP contribution in [0.1, 0.15) is 284 Å². The summed E-state index contributed by atoms with van der Waals surface area (Å²) in [6, 6.07) is 0. The quantitative estimate of drug-likeness (QED) is 0.0211. The maximum atomic E-state index is 13.0. The van der Waals surface area contributed by atoms with Gasteiger partial charge in [0, 0.05) is 12.8 Å². The van der Waals surface area contributed by atoms with Crippen molar-refractivity contribution >= 4 is 17.9 Å². The highest BCUT2D eigenvalue weighted by molar-refractivity contribution is 5.71. The van der Waals surface area contributed by atoms with E-state index in [1.54, 1.807) is 0 Å². The van der Waals surface area contributed by atoms with Gasteiger partial charge in [-0.05, 0) is 128 Å². The molecule has 2 unspecified atom stereocenters. The number of hydrogen-bond donors (Lipinski definition) is 1. The molecule has 0 aliphatic carbocycles. The Morgan fingerprint density at radius 2 is 0.581 bits per heavy atom. The van der Waals surface area contributed by atoms with Crippen molar-refractivity contribution in [2.24, 2.45) is 0 Å².